The van der Waals surface area contributed by atoms with Gasteiger partial charge in [0.2, 0.25) is 10.0 Å². The van der Waals surface area contributed by atoms with E-state index in [1.807, 2.05) is 38.1 Å². The van der Waals surface area contributed by atoms with Gasteiger partial charge in [0.15, 0.2) is 5.75 Å². The fraction of sp³-hybridized carbons (Fsp3) is 0.280. The van der Waals surface area contributed by atoms with Crippen LogP contribution in [0.1, 0.15) is 36.1 Å². The van der Waals surface area contributed by atoms with Crippen LogP contribution < -0.4 is 19.9 Å². The van der Waals surface area contributed by atoms with E-state index in [0.29, 0.717) is 27.6 Å². The van der Waals surface area contributed by atoms with Crippen LogP contribution in [-0.2, 0) is 22.0 Å². The van der Waals surface area contributed by atoms with Crippen LogP contribution in [0.3, 0.4) is 0 Å². The van der Waals surface area contributed by atoms with E-state index in [1.165, 1.54) is 6.07 Å². The zero-order valence-corrected chi connectivity index (χ0v) is 22.3. The van der Waals surface area contributed by atoms with E-state index in [2.05, 4.69) is 15.8 Å². The molecule has 0 bridgehead atoms. The second-order valence-corrected chi connectivity index (χ2v) is 11.1. The van der Waals surface area contributed by atoms with Gasteiger partial charge in [-0.2, -0.15) is 5.26 Å². The molecule has 0 fully saturated rings. The number of nitrogen functional groups attached to an aromatic ring is 1. The van der Waals surface area contributed by atoms with Crippen LogP contribution in [0.25, 0.3) is 0 Å². The highest BCUT2D eigenvalue weighted by Gasteiger charge is 2.26. The number of nitrogens with zero attached hydrogens (tertiary/aromatic N) is 2. The number of pyridine rings is 1. The standard InChI is InChI=1S/C25H26Cl2N4O4S/c1-25(2,19-12-17(14-28)23(21(27)13-19)34-11-10-26)18-5-7-20(8-6-18)35-15-16-4-9-22(30-24(16)29)31-36(3,32)33/h4-9,12-13H,10-11,15H2,1-3H3,(H3,29,30,31). The molecule has 190 valence electrons. The van der Waals surface area contributed by atoms with Gasteiger partial charge < -0.3 is 15.2 Å². The number of ether oxygens (including phenoxy) is 2. The van der Waals surface area contributed by atoms with Gasteiger partial charge in [0, 0.05) is 11.0 Å². The van der Waals surface area contributed by atoms with Crippen LogP contribution in [0.15, 0.2) is 48.5 Å². The summed E-state index contributed by atoms with van der Waals surface area (Å²) >= 11 is 12.1. The Hall–Kier alpha value is -3.19. The topological polar surface area (TPSA) is 127 Å². The van der Waals surface area contributed by atoms with Crippen LogP contribution in [0.5, 0.6) is 11.5 Å². The van der Waals surface area contributed by atoms with Gasteiger partial charge in [-0.25, -0.2) is 13.4 Å². The first kappa shape index (κ1) is 27.4. The summed E-state index contributed by atoms with van der Waals surface area (Å²) in [5, 5.41) is 9.95. The first-order chi connectivity index (χ1) is 16.9. The minimum atomic E-state index is -3.44. The highest BCUT2D eigenvalue weighted by molar-refractivity contribution is 7.92. The summed E-state index contributed by atoms with van der Waals surface area (Å²) in [5.41, 5.74) is 8.30. The molecule has 0 spiro atoms. The van der Waals surface area contributed by atoms with Gasteiger partial charge >= 0.3 is 0 Å². The van der Waals surface area contributed by atoms with Crippen LogP contribution in [0.2, 0.25) is 5.02 Å². The quantitative estimate of drug-likeness (QED) is 0.338. The Bertz CT molecular complexity index is 1390. The van der Waals surface area contributed by atoms with Gasteiger partial charge in [-0.3, -0.25) is 4.72 Å². The van der Waals surface area contributed by atoms with Crippen molar-refractivity contribution in [3.05, 3.63) is 75.8 Å². The number of nitrogens with one attached hydrogen (secondary N) is 1. The molecule has 0 saturated carbocycles. The number of benzene rings is 2. The summed E-state index contributed by atoms with van der Waals surface area (Å²) in [6, 6.07) is 16.5. The molecule has 3 N–H and O–H groups in total. The maximum atomic E-state index is 11.4. The smallest absolute Gasteiger partial charge is 0.230 e. The summed E-state index contributed by atoms with van der Waals surface area (Å²) in [5.74, 6) is 1.55. The van der Waals surface area contributed by atoms with E-state index in [1.54, 1.807) is 18.2 Å². The molecule has 8 nitrogen and oxygen atoms in total. The van der Waals surface area contributed by atoms with Crippen LogP contribution in [0, 0.1) is 11.3 Å². The molecule has 3 aromatic rings. The van der Waals surface area contributed by atoms with E-state index in [0.717, 1.165) is 17.4 Å². The van der Waals surface area contributed by atoms with E-state index >= 15 is 0 Å². The zero-order valence-electron chi connectivity index (χ0n) is 20.0. The molecule has 0 aliphatic rings. The number of aromatic nitrogens is 1. The maximum absolute atomic E-state index is 11.4. The minimum absolute atomic E-state index is 0.142. The molecule has 0 aliphatic carbocycles. The summed E-state index contributed by atoms with van der Waals surface area (Å²) in [4.78, 5) is 4.05. The molecule has 0 unspecified atom stereocenters. The van der Waals surface area contributed by atoms with E-state index in [4.69, 9.17) is 38.4 Å². The van der Waals surface area contributed by atoms with Crippen molar-refractivity contribution in [1.29, 1.82) is 5.26 Å². The third-order valence-electron chi connectivity index (χ3n) is 5.48. The first-order valence-corrected chi connectivity index (χ1v) is 13.6. The highest BCUT2D eigenvalue weighted by Crippen LogP contribution is 2.38. The van der Waals surface area contributed by atoms with Crippen molar-refractivity contribution >= 4 is 44.9 Å². The number of hydrogen-bond acceptors (Lipinski definition) is 7. The summed E-state index contributed by atoms with van der Waals surface area (Å²) in [6.07, 6.45) is 1.04. The molecule has 0 saturated heterocycles. The van der Waals surface area contributed by atoms with Crippen LogP contribution in [0.4, 0.5) is 11.6 Å². The lowest BCUT2D eigenvalue weighted by molar-refractivity contribution is 0.306. The molecule has 1 heterocycles. The fourth-order valence-electron chi connectivity index (χ4n) is 3.49. The average molecular weight is 549 g/mol. The Balaban J connectivity index is 1.75. The van der Waals surface area contributed by atoms with Crippen molar-refractivity contribution in [3.8, 4) is 17.6 Å². The van der Waals surface area contributed by atoms with E-state index < -0.39 is 15.4 Å². The molecule has 36 heavy (non-hydrogen) atoms. The predicted octanol–water partition coefficient (Wildman–Crippen LogP) is 5.08. The van der Waals surface area contributed by atoms with Crippen molar-refractivity contribution < 1.29 is 17.9 Å². The number of hydrogen-bond donors (Lipinski definition) is 2. The second-order valence-electron chi connectivity index (χ2n) is 8.54. The Morgan fingerprint density at radius 3 is 2.39 bits per heavy atom. The van der Waals surface area contributed by atoms with Gasteiger partial charge in [-0.1, -0.05) is 37.6 Å². The number of alkyl halides is 1. The molecule has 11 heteroatoms. The largest absolute Gasteiger partial charge is 0.489 e. The molecule has 0 radical (unpaired) electrons. The van der Waals surface area contributed by atoms with Gasteiger partial charge in [-0.15, -0.1) is 11.6 Å². The number of nitrogens with two attached hydrogens (primary N) is 1. The van der Waals surface area contributed by atoms with Crippen molar-refractivity contribution in [2.24, 2.45) is 0 Å². The Kier molecular flexibility index (Phi) is 8.56. The summed E-state index contributed by atoms with van der Waals surface area (Å²) in [6.45, 7) is 4.48. The number of anilines is 2. The lowest BCUT2D eigenvalue weighted by atomic mass is 9.77. The lowest BCUT2D eigenvalue weighted by Gasteiger charge is -2.27. The number of halogens is 2. The molecule has 0 aliphatic heterocycles. The normalized spacial score (nSPS) is 11.6. The molecular formula is C25H26Cl2N4O4S. The number of sulfonamides is 1. The third-order valence-corrected chi connectivity index (χ3v) is 6.50. The van der Waals surface area contributed by atoms with Crippen molar-refractivity contribution in [2.75, 3.05) is 29.2 Å². The van der Waals surface area contributed by atoms with Gasteiger partial charge in [0.1, 0.15) is 36.7 Å². The van der Waals surface area contributed by atoms with Gasteiger partial charge in [0.25, 0.3) is 0 Å². The van der Waals surface area contributed by atoms with E-state index in [-0.39, 0.29) is 30.7 Å². The zero-order chi connectivity index (χ0) is 26.5. The fourth-order valence-corrected chi connectivity index (χ4v) is 4.34. The van der Waals surface area contributed by atoms with Crippen LogP contribution in [-0.4, -0.2) is 32.1 Å². The Labute approximate surface area is 221 Å². The maximum Gasteiger partial charge on any atom is 0.230 e. The summed E-state index contributed by atoms with van der Waals surface area (Å²) < 4.78 is 36.4. The van der Waals surface area contributed by atoms with Crippen molar-refractivity contribution in [2.45, 2.75) is 25.9 Å². The summed E-state index contributed by atoms with van der Waals surface area (Å²) in [7, 11) is -3.44. The second kappa shape index (κ2) is 11.2. The highest BCUT2D eigenvalue weighted by atomic mass is 35.5. The molecular weight excluding hydrogens is 523 g/mol. The van der Waals surface area contributed by atoms with Gasteiger partial charge in [0.05, 0.1) is 22.7 Å². The molecule has 0 amide bonds. The van der Waals surface area contributed by atoms with Gasteiger partial charge in [-0.05, 0) is 47.5 Å². The van der Waals surface area contributed by atoms with Crippen molar-refractivity contribution in [1.82, 2.24) is 4.98 Å². The molecule has 3 rings (SSSR count). The first-order valence-electron chi connectivity index (χ1n) is 10.8. The third kappa shape index (κ3) is 6.72. The Morgan fingerprint density at radius 2 is 1.81 bits per heavy atom. The molecule has 1 aromatic heterocycles. The number of nitriles is 1. The Morgan fingerprint density at radius 1 is 1.11 bits per heavy atom. The van der Waals surface area contributed by atoms with Crippen LogP contribution >= 0.6 is 23.2 Å². The monoisotopic (exact) mass is 548 g/mol. The van der Waals surface area contributed by atoms with Crippen molar-refractivity contribution in [3.63, 3.8) is 0 Å². The van der Waals surface area contributed by atoms with E-state index in [9.17, 15) is 13.7 Å². The number of rotatable bonds is 10. The molecule has 0 atom stereocenters. The molecule has 2 aromatic carbocycles. The predicted molar refractivity (Wildman–Crippen MR) is 142 cm³/mol. The minimum Gasteiger partial charge on any atom is -0.489 e. The SMILES string of the molecule is CC(C)(c1ccc(OCc2ccc(NS(C)(=O)=O)nc2N)cc1)c1cc(Cl)c(OCCCl)c(C#N)c1. The lowest BCUT2D eigenvalue weighted by Crippen LogP contribution is -2.19. The average Bonchev–Trinajstić information content (AvgIpc) is 2.81.